The van der Waals surface area contributed by atoms with Crippen molar-refractivity contribution in [1.82, 2.24) is 10.3 Å². The number of anilines is 1. The van der Waals surface area contributed by atoms with Gasteiger partial charge in [-0.05, 0) is 39.2 Å². The van der Waals surface area contributed by atoms with E-state index in [4.69, 9.17) is 0 Å². The number of rotatable bonds is 5. The monoisotopic (exact) mass is 345 g/mol. The summed E-state index contributed by atoms with van der Waals surface area (Å²) in [5.41, 5.74) is 4.52. The molecule has 130 valence electrons. The van der Waals surface area contributed by atoms with Crippen LogP contribution in [0, 0.1) is 20.8 Å². The van der Waals surface area contributed by atoms with Gasteiger partial charge in [0.2, 0.25) is 0 Å². The summed E-state index contributed by atoms with van der Waals surface area (Å²) in [7, 11) is 0. The predicted molar refractivity (Wildman–Crippen MR) is 101 cm³/mol. The molecule has 0 aliphatic carbocycles. The highest BCUT2D eigenvalue weighted by Crippen LogP contribution is 2.24. The standard InChI is InChI=1S/C19H27N3OS/c1-13-8-14(2)10-16(9-13)18(23)11-20-17-4-6-22(7-5-17)19-21-15(3)12-24-19/h8-10,12,17-18,20,23H,4-7,11H2,1-3H3. The Morgan fingerprint density at radius 1 is 1.21 bits per heavy atom. The van der Waals surface area contributed by atoms with E-state index in [1.54, 1.807) is 11.3 Å². The molecule has 1 aromatic carbocycles. The average Bonchev–Trinajstić information content (AvgIpc) is 2.98. The van der Waals surface area contributed by atoms with Gasteiger partial charge in [-0.3, -0.25) is 0 Å². The Balaban J connectivity index is 1.48. The first-order valence-electron chi connectivity index (χ1n) is 8.68. The molecule has 2 aromatic rings. The minimum Gasteiger partial charge on any atom is -0.387 e. The van der Waals surface area contributed by atoms with E-state index in [1.807, 2.05) is 6.92 Å². The second-order valence-corrected chi connectivity index (χ2v) is 7.71. The van der Waals surface area contributed by atoms with Crippen molar-refractivity contribution in [3.8, 4) is 0 Å². The van der Waals surface area contributed by atoms with Crippen LogP contribution in [0.1, 0.15) is 41.3 Å². The fourth-order valence-electron chi connectivity index (χ4n) is 3.36. The molecule has 0 spiro atoms. The van der Waals surface area contributed by atoms with Gasteiger partial charge in [0.1, 0.15) is 0 Å². The maximum atomic E-state index is 10.5. The number of piperidine rings is 1. The molecule has 0 saturated carbocycles. The van der Waals surface area contributed by atoms with Gasteiger partial charge in [0.05, 0.1) is 11.8 Å². The molecule has 1 unspecified atom stereocenters. The molecule has 1 aromatic heterocycles. The molecular weight excluding hydrogens is 318 g/mol. The Morgan fingerprint density at radius 3 is 2.46 bits per heavy atom. The van der Waals surface area contributed by atoms with E-state index in [-0.39, 0.29) is 0 Å². The molecule has 2 heterocycles. The molecule has 0 radical (unpaired) electrons. The number of benzene rings is 1. The molecule has 1 fully saturated rings. The third-order valence-electron chi connectivity index (χ3n) is 4.60. The van der Waals surface area contributed by atoms with Gasteiger partial charge in [-0.25, -0.2) is 4.98 Å². The molecule has 24 heavy (non-hydrogen) atoms. The summed E-state index contributed by atoms with van der Waals surface area (Å²) in [6, 6.07) is 6.77. The van der Waals surface area contributed by atoms with Gasteiger partial charge in [-0.1, -0.05) is 29.3 Å². The van der Waals surface area contributed by atoms with E-state index in [1.165, 1.54) is 11.1 Å². The summed E-state index contributed by atoms with van der Waals surface area (Å²) >= 11 is 1.73. The van der Waals surface area contributed by atoms with Gasteiger partial charge in [-0.2, -0.15) is 0 Å². The minimum absolute atomic E-state index is 0.441. The van der Waals surface area contributed by atoms with Crippen LogP contribution >= 0.6 is 11.3 Å². The van der Waals surface area contributed by atoms with Gasteiger partial charge in [0.15, 0.2) is 5.13 Å². The highest BCUT2D eigenvalue weighted by atomic mass is 32.1. The minimum atomic E-state index is -0.441. The number of hydrogen-bond donors (Lipinski definition) is 2. The van der Waals surface area contributed by atoms with Crippen LogP contribution in [0.25, 0.3) is 0 Å². The molecule has 0 bridgehead atoms. The second kappa shape index (κ2) is 7.64. The molecule has 1 saturated heterocycles. The Labute approximate surface area is 148 Å². The summed E-state index contributed by atoms with van der Waals surface area (Å²) in [4.78, 5) is 6.94. The third kappa shape index (κ3) is 4.35. The first-order chi connectivity index (χ1) is 11.5. The number of aliphatic hydroxyl groups excluding tert-OH is 1. The first kappa shape index (κ1) is 17.4. The third-order valence-corrected chi connectivity index (χ3v) is 5.62. The Hall–Kier alpha value is -1.43. The van der Waals surface area contributed by atoms with Gasteiger partial charge >= 0.3 is 0 Å². The van der Waals surface area contributed by atoms with Crippen LogP contribution in [0.4, 0.5) is 5.13 Å². The SMILES string of the molecule is Cc1cc(C)cc(C(O)CNC2CCN(c3nc(C)cs3)CC2)c1. The van der Waals surface area contributed by atoms with Crippen molar-refractivity contribution in [3.63, 3.8) is 0 Å². The summed E-state index contributed by atoms with van der Waals surface area (Å²) in [6.07, 6.45) is 1.75. The quantitative estimate of drug-likeness (QED) is 0.872. The Kier molecular flexibility index (Phi) is 5.54. The van der Waals surface area contributed by atoms with Crippen molar-refractivity contribution >= 4 is 16.5 Å². The zero-order valence-corrected chi connectivity index (χ0v) is 15.6. The number of aliphatic hydroxyl groups is 1. The number of thiazole rings is 1. The lowest BCUT2D eigenvalue weighted by Gasteiger charge is -2.32. The average molecular weight is 346 g/mol. The van der Waals surface area contributed by atoms with E-state index in [0.29, 0.717) is 12.6 Å². The van der Waals surface area contributed by atoms with Crippen molar-refractivity contribution in [3.05, 3.63) is 46.0 Å². The number of nitrogens with zero attached hydrogens (tertiary/aromatic N) is 2. The summed E-state index contributed by atoms with van der Waals surface area (Å²) in [5, 5.41) is 17.2. The molecule has 2 N–H and O–H groups in total. The predicted octanol–water partition coefficient (Wildman–Crippen LogP) is 3.36. The molecule has 0 amide bonds. The highest BCUT2D eigenvalue weighted by molar-refractivity contribution is 7.13. The summed E-state index contributed by atoms with van der Waals surface area (Å²) in [5.74, 6) is 0. The van der Waals surface area contributed by atoms with Crippen molar-refractivity contribution in [2.75, 3.05) is 24.5 Å². The van der Waals surface area contributed by atoms with Gasteiger partial charge < -0.3 is 15.3 Å². The van der Waals surface area contributed by atoms with E-state index >= 15 is 0 Å². The normalized spacial score (nSPS) is 17.2. The number of aryl methyl sites for hydroxylation is 3. The molecule has 4 nitrogen and oxygen atoms in total. The zero-order chi connectivity index (χ0) is 17.1. The first-order valence-corrected chi connectivity index (χ1v) is 9.56. The fraction of sp³-hybridized carbons (Fsp3) is 0.526. The number of hydrogen-bond acceptors (Lipinski definition) is 5. The lowest BCUT2D eigenvalue weighted by molar-refractivity contribution is 0.167. The van der Waals surface area contributed by atoms with Crippen LogP contribution in [-0.2, 0) is 0 Å². The zero-order valence-electron chi connectivity index (χ0n) is 14.7. The van der Waals surface area contributed by atoms with Crippen molar-refractivity contribution in [2.24, 2.45) is 0 Å². The fourth-order valence-corrected chi connectivity index (χ4v) is 4.22. The molecule has 3 rings (SSSR count). The van der Waals surface area contributed by atoms with Crippen molar-refractivity contribution < 1.29 is 5.11 Å². The van der Waals surface area contributed by atoms with Crippen LogP contribution in [0.3, 0.4) is 0 Å². The lowest BCUT2D eigenvalue weighted by atomic mass is 10.0. The van der Waals surface area contributed by atoms with E-state index in [0.717, 1.165) is 42.3 Å². The maximum Gasteiger partial charge on any atom is 0.185 e. The van der Waals surface area contributed by atoms with Gasteiger partial charge in [0, 0.05) is 31.1 Å². The summed E-state index contributed by atoms with van der Waals surface area (Å²) in [6.45, 7) is 8.88. The van der Waals surface area contributed by atoms with Crippen molar-refractivity contribution in [2.45, 2.75) is 45.8 Å². The summed E-state index contributed by atoms with van der Waals surface area (Å²) < 4.78 is 0. The lowest BCUT2D eigenvalue weighted by Crippen LogP contribution is -2.43. The van der Waals surface area contributed by atoms with Crippen LogP contribution < -0.4 is 10.2 Å². The van der Waals surface area contributed by atoms with Gasteiger partial charge in [-0.15, -0.1) is 11.3 Å². The smallest absolute Gasteiger partial charge is 0.185 e. The Bertz CT molecular complexity index is 657. The molecular formula is C19H27N3OS. The largest absolute Gasteiger partial charge is 0.387 e. The van der Waals surface area contributed by atoms with Gasteiger partial charge in [0.25, 0.3) is 0 Å². The van der Waals surface area contributed by atoms with E-state index < -0.39 is 6.10 Å². The van der Waals surface area contributed by atoms with Crippen molar-refractivity contribution in [1.29, 1.82) is 0 Å². The Morgan fingerprint density at radius 2 is 1.88 bits per heavy atom. The second-order valence-electron chi connectivity index (χ2n) is 6.88. The van der Waals surface area contributed by atoms with Crippen LogP contribution in [0.15, 0.2) is 23.6 Å². The van der Waals surface area contributed by atoms with E-state index in [2.05, 4.69) is 52.6 Å². The molecule has 1 aliphatic rings. The number of aromatic nitrogens is 1. The molecule has 1 atom stereocenters. The van der Waals surface area contributed by atoms with Crippen LogP contribution in [-0.4, -0.2) is 35.8 Å². The van der Waals surface area contributed by atoms with E-state index in [9.17, 15) is 5.11 Å². The molecule has 5 heteroatoms. The topological polar surface area (TPSA) is 48.4 Å². The van der Waals surface area contributed by atoms with Crippen LogP contribution in [0.5, 0.6) is 0 Å². The van der Waals surface area contributed by atoms with Crippen LogP contribution in [0.2, 0.25) is 0 Å². The highest BCUT2D eigenvalue weighted by Gasteiger charge is 2.21. The maximum absolute atomic E-state index is 10.5. The molecule has 1 aliphatic heterocycles. The number of nitrogens with one attached hydrogen (secondary N) is 1.